The van der Waals surface area contributed by atoms with E-state index in [4.69, 9.17) is 11.5 Å². The van der Waals surface area contributed by atoms with Crippen LogP contribution in [0.25, 0.3) is 11.0 Å². The second kappa shape index (κ2) is 3.69. The third-order valence-corrected chi connectivity index (χ3v) is 2.72. The van der Waals surface area contributed by atoms with Gasteiger partial charge in [0.15, 0.2) is 0 Å². The van der Waals surface area contributed by atoms with Gasteiger partial charge in [-0.25, -0.2) is 4.98 Å². The van der Waals surface area contributed by atoms with Gasteiger partial charge in [-0.15, -0.1) is 0 Å². The minimum Gasteiger partial charge on any atom is -0.369 e. The highest BCUT2D eigenvalue weighted by Gasteiger charge is 2.09. The Hall–Kier alpha value is -1.31. The summed E-state index contributed by atoms with van der Waals surface area (Å²) in [5.41, 5.74) is 12.4. The highest BCUT2D eigenvalue weighted by molar-refractivity contribution is 14.1. The van der Waals surface area contributed by atoms with Gasteiger partial charge in [0.1, 0.15) is 6.54 Å². The van der Waals surface area contributed by atoms with Crippen molar-refractivity contribution in [1.29, 1.82) is 0 Å². The Bertz CT molecular complexity index is 534. The summed E-state index contributed by atoms with van der Waals surface area (Å²) in [6.45, 7) is 0.0585. The van der Waals surface area contributed by atoms with Crippen molar-refractivity contribution < 1.29 is 4.79 Å². The number of carbonyl (C=O) groups is 1. The molecule has 0 fully saturated rings. The molecule has 4 N–H and O–H groups in total. The largest absolute Gasteiger partial charge is 0.369 e. The molecule has 15 heavy (non-hydrogen) atoms. The van der Waals surface area contributed by atoms with E-state index in [-0.39, 0.29) is 6.54 Å². The van der Waals surface area contributed by atoms with E-state index < -0.39 is 5.91 Å². The van der Waals surface area contributed by atoms with E-state index >= 15 is 0 Å². The van der Waals surface area contributed by atoms with E-state index in [0.717, 1.165) is 14.6 Å². The number of nitrogen functional groups attached to an aromatic ring is 1. The molecule has 0 radical (unpaired) electrons. The lowest BCUT2D eigenvalue weighted by Crippen LogP contribution is -2.19. The highest BCUT2D eigenvalue weighted by atomic mass is 127. The molecule has 0 aliphatic rings. The number of hydrogen-bond acceptors (Lipinski definition) is 3. The number of hydrogen-bond donors (Lipinski definition) is 2. The smallest absolute Gasteiger partial charge is 0.237 e. The van der Waals surface area contributed by atoms with Crippen LogP contribution in [0.1, 0.15) is 0 Å². The summed E-state index contributed by atoms with van der Waals surface area (Å²) in [6.07, 6.45) is 0. The molecule has 1 aromatic heterocycles. The Kier molecular flexibility index (Phi) is 2.51. The van der Waals surface area contributed by atoms with Crippen molar-refractivity contribution in [2.75, 3.05) is 5.73 Å². The summed E-state index contributed by atoms with van der Waals surface area (Å²) in [6, 6.07) is 5.72. The predicted molar refractivity (Wildman–Crippen MR) is 66.1 cm³/mol. The van der Waals surface area contributed by atoms with Gasteiger partial charge in [0.25, 0.3) is 0 Å². The molecule has 0 saturated heterocycles. The van der Waals surface area contributed by atoms with E-state index in [9.17, 15) is 4.79 Å². The first-order valence-electron chi connectivity index (χ1n) is 4.27. The van der Waals surface area contributed by atoms with Gasteiger partial charge in [-0.3, -0.25) is 4.79 Å². The molecular formula is C9H9IN4O. The van der Waals surface area contributed by atoms with Gasteiger partial charge < -0.3 is 16.0 Å². The van der Waals surface area contributed by atoms with Gasteiger partial charge in [0, 0.05) is 3.57 Å². The molecule has 0 bridgehead atoms. The lowest BCUT2D eigenvalue weighted by Gasteiger charge is -2.02. The van der Waals surface area contributed by atoms with Crippen molar-refractivity contribution in [3.63, 3.8) is 0 Å². The van der Waals surface area contributed by atoms with E-state index in [0.29, 0.717) is 5.95 Å². The SMILES string of the molecule is NC(=O)Cn1c(N)nc2cc(I)ccc21. The number of primary amides is 1. The van der Waals surface area contributed by atoms with Crippen molar-refractivity contribution >= 4 is 45.5 Å². The van der Waals surface area contributed by atoms with Crippen molar-refractivity contribution in [3.8, 4) is 0 Å². The maximum absolute atomic E-state index is 10.8. The Balaban J connectivity index is 2.63. The molecule has 2 aromatic rings. The zero-order valence-corrected chi connectivity index (χ0v) is 9.93. The number of nitrogens with zero attached hydrogens (tertiary/aromatic N) is 2. The quantitative estimate of drug-likeness (QED) is 0.800. The number of anilines is 1. The second-order valence-corrected chi connectivity index (χ2v) is 4.40. The fraction of sp³-hybridized carbons (Fsp3) is 0.111. The summed E-state index contributed by atoms with van der Waals surface area (Å²) in [5, 5.41) is 0. The van der Waals surface area contributed by atoms with E-state index in [1.165, 1.54) is 0 Å². The average Bonchev–Trinajstić information content (AvgIpc) is 2.41. The molecule has 0 unspecified atom stereocenters. The fourth-order valence-corrected chi connectivity index (χ4v) is 1.92. The first-order valence-corrected chi connectivity index (χ1v) is 5.35. The van der Waals surface area contributed by atoms with Crippen LogP contribution in [0.15, 0.2) is 18.2 Å². The molecule has 1 heterocycles. The fourth-order valence-electron chi connectivity index (χ4n) is 1.44. The summed E-state index contributed by atoms with van der Waals surface area (Å²) in [5.74, 6) is -0.120. The zero-order valence-electron chi connectivity index (χ0n) is 7.77. The first kappa shape index (κ1) is 10.2. The number of benzene rings is 1. The lowest BCUT2D eigenvalue weighted by molar-refractivity contribution is -0.118. The van der Waals surface area contributed by atoms with E-state index in [1.54, 1.807) is 4.57 Å². The summed E-state index contributed by atoms with van der Waals surface area (Å²) in [7, 11) is 0. The van der Waals surface area contributed by atoms with E-state index in [1.807, 2.05) is 18.2 Å². The Labute approximate surface area is 99.6 Å². The third-order valence-electron chi connectivity index (χ3n) is 2.05. The number of fused-ring (bicyclic) bond motifs is 1. The number of aromatic nitrogens is 2. The first-order chi connectivity index (χ1) is 7.08. The molecule has 6 heteroatoms. The number of halogens is 1. The average molecular weight is 316 g/mol. The van der Waals surface area contributed by atoms with Crippen LogP contribution in [0.4, 0.5) is 5.95 Å². The van der Waals surface area contributed by atoms with Crippen molar-refractivity contribution in [1.82, 2.24) is 9.55 Å². The van der Waals surface area contributed by atoms with Crippen LogP contribution in [-0.2, 0) is 11.3 Å². The Morgan fingerprint density at radius 1 is 1.53 bits per heavy atom. The van der Waals surface area contributed by atoms with Crippen LogP contribution in [0, 0.1) is 3.57 Å². The number of rotatable bonds is 2. The van der Waals surface area contributed by atoms with Gasteiger partial charge in [-0.2, -0.15) is 0 Å². The molecule has 5 nitrogen and oxygen atoms in total. The highest BCUT2D eigenvalue weighted by Crippen LogP contribution is 2.19. The van der Waals surface area contributed by atoms with Gasteiger partial charge in [-0.1, -0.05) is 0 Å². The third kappa shape index (κ3) is 1.89. The maximum atomic E-state index is 10.8. The van der Waals surface area contributed by atoms with E-state index in [2.05, 4.69) is 27.6 Å². The molecule has 1 amide bonds. The number of carbonyl (C=O) groups excluding carboxylic acids is 1. The monoisotopic (exact) mass is 316 g/mol. The topological polar surface area (TPSA) is 86.9 Å². The normalized spacial score (nSPS) is 10.7. The maximum Gasteiger partial charge on any atom is 0.237 e. The van der Waals surface area contributed by atoms with Crippen molar-refractivity contribution in [2.24, 2.45) is 5.73 Å². The summed E-state index contributed by atoms with van der Waals surface area (Å²) in [4.78, 5) is 15.0. The standard InChI is InChI=1S/C9H9IN4O/c10-5-1-2-7-6(3-5)13-9(12)14(7)4-8(11)15/h1-3H,4H2,(H2,11,15)(H2,12,13). The molecular weight excluding hydrogens is 307 g/mol. The van der Waals surface area contributed by atoms with Gasteiger partial charge in [-0.05, 0) is 40.8 Å². The molecule has 0 spiro atoms. The number of nitrogens with two attached hydrogens (primary N) is 2. The van der Waals surface area contributed by atoms with Gasteiger partial charge in [0.05, 0.1) is 11.0 Å². The predicted octanol–water partition coefficient (Wildman–Crippen LogP) is 0.708. The molecule has 78 valence electrons. The molecule has 0 saturated carbocycles. The van der Waals surface area contributed by atoms with Crippen LogP contribution in [-0.4, -0.2) is 15.5 Å². The van der Waals surface area contributed by atoms with Crippen LogP contribution in [0.3, 0.4) is 0 Å². The molecule has 0 atom stereocenters. The van der Waals surface area contributed by atoms with Gasteiger partial charge in [0.2, 0.25) is 11.9 Å². The number of amides is 1. The molecule has 0 aliphatic heterocycles. The minimum absolute atomic E-state index is 0.0585. The van der Waals surface area contributed by atoms with Gasteiger partial charge >= 0.3 is 0 Å². The summed E-state index contributed by atoms with van der Waals surface area (Å²) < 4.78 is 2.68. The van der Waals surface area contributed by atoms with Crippen molar-refractivity contribution in [3.05, 3.63) is 21.8 Å². The van der Waals surface area contributed by atoms with Crippen LogP contribution >= 0.6 is 22.6 Å². The minimum atomic E-state index is -0.431. The van der Waals surface area contributed by atoms with Crippen molar-refractivity contribution in [2.45, 2.75) is 6.54 Å². The molecule has 2 rings (SSSR count). The van der Waals surface area contributed by atoms with Crippen LogP contribution in [0.5, 0.6) is 0 Å². The zero-order chi connectivity index (χ0) is 11.0. The van der Waals surface area contributed by atoms with Crippen LogP contribution in [0.2, 0.25) is 0 Å². The number of imidazole rings is 1. The molecule has 0 aliphatic carbocycles. The van der Waals surface area contributed by atoms with Crippen LogP contribution < -0.4 is 11.5 Å². The molecule has 1 aromatic carbocycles. The lowest BCUT2D eigenvalue weighted by atomic mass is 10.3. The Morgan fingerprint density at radius 2 is 2.27 bits per heavy atom. The Morgan fingerprint density at radius 3 is 2.93 bits per heavy atom. The summed E-state index contributed by atoms with van der Waals surface area (Å²) >= 11 is 2.19. The second-order valence-electron chi connectivity index (χ2n) is 3.16.